The van der Waals surface area contributed by atoms with Crippen LogP contribution < -0.4 is 15.4 Å². The molecule has 2 N–H and O–H groups in total. The largest absolute Gasteiger partial charge is 0.481 e. The van der Waals surface area contributed by atoms with E-state index in [0.29, 0.717) is 23.5 Å². The van der Waals surface area contributed by atoms with Crippen LogP contribution in [-0.4, -0.2) is 24.5 Å². The summed E-state index contributed by atoms with van der Waals surface area (Å²) in [5.74, 6) is 0.375. The zero-order valence-electron chi connectivity index (χ0n) is 16.0. The Balaban J connectivity index is 2.11. The van der Waals surface area contributed by atoms with Crippen LogP contribution in [0, 0.1) is 0 Å². The number of ether oxygens (including phenoxy) is 1. The number of hydrogen-bond donors (Lipinski definition) is 2. The summed E-state index contributed by atoms with van der Waals surface area (Å²) in [5.41, 5.74) is 1.88. The van der Waals surface area contributed by atoms with E-state index in [1.807, 2.05) is 24.3 Å². The molecule has 2 rings (SSSR count). The predicted octanol–water partition coefficient (Wildman–Crippen LogP) is 4.13. The van der Waals surface area contributed by atoms with Crippen molar-refractivity contribution in [3.05, 3.63) is 72.3 Å². The van der Waals surface area contributed by atoms with Crippen molar-refractivity contribution in [2.45, 2.75) is 32.8 Å². The van der Waals surface area contributed by atoms with E-state index in [2.05, 4.69) is 31.1 Å². The lowest BCUT2D eigenvalue weighted by molar-refractivity contribution is -0.122. The van der Waals surface area contributed by atoms with Crippen molar-refractivity contribution in [3.8, 4) is 5.75 Å². The highest BCUT2D eigenvalue weighted by Crippen LogP contribution is 2.27. The minimum absolute atomic E-state index is 0.274. The van der Waals surface area contributed by atoms with Gasteiger partial charge in [0.1, 0.15) is 5.75 Å². The smallest absolute Gasteiger partial charge is 0.265 e. The fraction of sp³-hybridized carbons (Fsp3) is 0.273. The summed E-state index contributed by atoms with van der Waals surface area (Å²) in [6.45, 7) is 9.77. The molecule has 5 heteroatoms. The molecule has 2 aromatic rings. The highest BCUT2D eigenvalue weighted by atomic mass is 16.5. The predicted molar refractivity (Wildman–Crippen MR) is 108 cm³/mol. The minimum atomic E-state index is -0.714. The highest BCUT2D eigenvalue weighted by Gasteiger charge is 2.19. The molecule has 0 bridgehead atoms. The van der Waals surface area contributed by atoms with Crippen molar-refractivity contribution in [3.63, 3.8) is 0 Å². The van der Waals surface area contributed by atoms with Crippen LogP contribution in [-0.2, 0) is 4.79 Å². The molecular formula is C22H26N2O3. The van der Waals surface area contributed by atoms with Gasteiger partial charge in [0.15, 0.2) is 6.10 Å². The monoisotopic (exact) mass is 366 g/mol. The van der Waals surface area contributed by atoms with E-state index in [1.54, 1.807) is 37.3 Å². The van der Waals surface area contributed by atoms with E-state index < -0.39 is 6.10 Å². The zero-order valence-corrected chi connectivity index (χ0v) is 16.0. The first-order valence-corrected chi connectivity index (χ1v) is 8.98. The molecule has 0 saturated heterocycles. The molecule has 5 nitrogen and oxygen atoms in total. The Bertz CT molecular complexity index is 815. The van der Waals surface area contributed by atoms with Crippen LogP contribution in [0.15, 0.2) is 61.2 Å². The van der Waals surface area contributed by atoms with Crippen LogP contribution in [0.3, 0.4) is 0 Å². The number of carbonyl (C=O) groups excluding carboxylic acids is 2. The second-order valence-corrected chi connectivity index (χ2v) is 6.49. The summed E-state index contributed by atoms with van der Waals surface area (Å²) in [5, 5.41) is 5.50. The van der Waals surface area contributed by atoms with Crippen molar-refractivity contribution in [1.82, 2.24) is 5.32 Å². The number of amides is 2. The normalized spacial score (nSPS) is 11.6. The number of para-hydroxylation sites is 2. The van der Waals surface area contributed by atoms with Gasteiger partial charge in [0.05, 0.1) is 11.3 Å². The van der Waals surface area contributed by atoms with Crippen molar-refractivity contribution in [1.29, 1.82) is 0 Å². The third-order valence-electron chi connectivity index (χ3n) is 4.05. The average Bonchev–Trinajstić information content (AvgIpc) is 2.66. The lowest BCUT2D eigenvalue weighted by Crippen LogP contribution is -2.32. The van der Waals surface area contributed by atoms with Crippen LogP contribution in [0.5, 0.6) is 5.75 Å². The van der Waals surface area contributed by atoms with Crippen molar-refractivity contribution in [2.24, 2.45) is 0 Å². The second-order valence-electron chi connectivity index (χ2n) is 6.49. The number of anilines is 1. The van der Waals surface area contributed by atoms with Gasteiger partial charge < -0.3 is 15.4 Å². The van der Waals surface area contributed by atoms with Gasteiger partial charge in [-0.3, -0.25) is 9.59 Å². The molecule has 0 aromatic heterocycles. The van der Waals surface area contributed by atoms with Crippen LogP contribution in [0.25, 0.3) is 0 Å². The molecular weight excluding hydrogens is 340 g/mol. The van der Waals surface area contributed by atoms with Gasteiger partial charge in [-0.2, -0.15) is 0 Å². The van der Waals surface area contributed by atoms with Gasteiger partial charge in [-0.05, 0) is 36.6 Å². The van der Waals surface area contributed by atoms with E-state index in [-0.39, 0.29) is 17.7 Å². The molecule has 27 heavy (non-hydrogen) atoms. The van der Waals surface area contributed by atoms with E-state index >= 15 is 0 Å². The molecule has 0 saturated carbocycles. The molecule has 0 radical (unpaired) electrons. The standard InChI is InChI=1S/C22H26N2O3/c1-5-14-23-22(26)18-11-6-8-12-19(18)24-21(25)16(4)27-20-13-9-7-10-17(20)15(2)3/h5-13,15-16H,1,14H2,2-4H3,(H,23,26)(H,24,25)/t16-/m0/s1. The molecule has 0 aliphatic rings. The number of benzene rings is 2. The van der Waals surface area contributed by atoms with E-state index in [9.17, 15) is 9.59 Å². The van der Waals surface area contributed by atoms with Gasteiger partial charge in [-0.25, -0.2) is 0 Å². The van der Waals surface area contributed by atoms with Crippen molar-refractivity contribution >= 4 is 17.5 Å². The summed E-state index contributed by atoms with van der Waals surface area (Å²) in [6, 6.07) is 14.5. The average molecular weight is 366 g/mol. The lowest BCUT2D eigenvalue weighted by Gasteiger charge is -2.19. The van der Waals surface area contributed by atoms with Crippen LogP contribution >= 0.6 is 0 Å². The Hall–Kier alpha value is -3.08. The Morgan fingerprint density at radius 1 is 1.07 bits per heavy atom. The fourth-order valence-electron chi connectivity index (χ4n) is 2.59. The molecule has 0 spiro atoms. The first kappa shape index (κ1) is 20.2. The summed E-state index contributed by atoms with van der Waals surface area (Å²) in [7, 11) is 0. The minimum Gasteiger partial charge on any atom is -0.481 e. The molecule has 2 aromatic carbocycles. The molecule has 0 aliphatic heterocycles. The molecule has 2 amide bonds. The van der Waals surface area contributed by atoms with Gasteiger partial charge in [-0.1, -0.05) is 50.3 Å². The van der Waals surface area contributed by atoms with Gasteiger partial charge in [-0.15, -0.1) is 6.58 Å². The van der Waals surface area contributed by atoms with Crippen molar-refractivity contribution in [2.75, 3.05) is 11.9 Å². The Morgan fingerprint density at radius 3 is 2.44 bits per heavy atom. The Labute approximate surface area is 160 Å². The Kier molecular flexibility index (Phi) is 7.17. The quantitative estimate of drug-likeness (QED) is 0.690. The lowest BCUT2D eigenvalue weighted by atomic mass is 10.0. The van der Waals surface area contributed by atoms with Gasteiger partial charge >= 0.3 is 0 Å². The summed E-state index contributed by atoms with van der Waals surface area (Å²) in [4.78, 5) is 24.8. The van der Waals surface area contributed by atoms with E-state index in [4.69, 9.17) is 4.74 Å². The first-order chi connectivity index (χ1) is 12.9. The van der Waals surface area contributed by atoms with Crippen LogP contribution in [0.2, 0.25) is 0 Å². The number of hydrogen-bond acceptors (Lipinski definition) is 3. The number of carbonyl (C=O) groups is 2. The van der Waals surface area contributed by atoms with Crippen LogP contribution in [0.1, 0.15) is 42.6 Å². The molecule has 1 atom stereocenters. The molecule has 0 aliphatic carbocycles. The maximum atomic E-state index is 12.6. The van der Waals surface area contributed by atoms with E-state index in [1.165, 1.54) is 0 Å². The molecule has 0 fully saturated rings. The van der Waals surface area contributed by atoms with E-state index in [0.717, 1.165) is 5.56 Å². The maximum absolute atomic E-state index is 12.6. The first-order valence-electron chi connectivity index (χ1n) is 8.98. The molecule has 0 unspecified atom stereocenters. The maximum Gasteiger partial charge on any atom is 0.265 e. The number of rotatable bonds is 8. The summed E-state index contributed by atoms with van der Waals surface area (Å²) in [6.07, 6.45) is 0.885. The van der Waals surface area contributed by atoms with Crippen LogP contribution in [0.4, 0.5) is 5.69 Å². The zero-order chi connectivity index (χ0) is 19.8. The second kappa shape index (κ2) is 9.57. The topological polar surface area (TPSA) is 67.4 Å². The third-order valence-corrected chi connectivity index (χ3v) is 4.05. The fourth-order valence-corrected chi connectivity index (χ4v) is 2.59. The van der Waals surface area contributed by atoms with Gasteiger partial charge in [0.25, 0.3) is 11.8 Å². The highest BCUT2D eigenvalue weighted by molar-refractivity contribution is 6.04. The Morgan fingerprint density at radius 2 is 1.74 bits per heavy atom. The summed E-state index contributed by atoms with van der Waals surface area (Å²) >= 11 is 0. The number of nitrogens with one attached hydrogen (secondary N) is 2. The molecule has 0 heterocycles. The van der Waals surface area contributed by atoms with Crippen molar-refractivity contribution < 1.29 is 14.3 Å². The SMILES string of the molecule is C=CCNC(=O)c1ccccc1NC(=O)[C@H](C)Oc1ccccc1C(C)C. The molecule has 142 valence electrons. The third kappa shape index (κ3) is 5.45. The summed E-state index contributed by atoms with van der Waals surface area (Å²) < 4.78 is 5.88. The van der Waals surface area contributed by atoms with Gasteiger partial charge in [0, 0.05) is 6.54 Å². The van der Waals surface area contributed by atoms with Gasteiger partial charge in [0.2, 0.25) is 0 Å².